The molecule has 7 heteroatoms. The maximum atomic E-state index is 14.0. The van der Waals surface area contributed by atoms with Crippen LogP contribution in [0.2, 0.25) is 5.02 Å². The maximum absolute atomic E-state index is 14.0. The van der Waals surface area contributed by atoms with Crippen LogP contribution in [-0.2, 0) is 25.5 Å². The van der Waals surface area contributed by atoms with Gasteiger partial charge in [-0.25, -0.2) is 4.39 Å². The third kappa shape index (κ3) is 4.07. The van der Waals surface area contributed by atoms with Crippen LogP contribution in [0.1, 0.15) is 25.8 Å². The van der Waals surface area contributed by atoms with Gasteiger partial charge in [0.1, 0.15) is 11.2 Å². The van der Waals surface area contributed by atoms with Gasteiger partial charge in [-0.1, -0.05) is 35.9 Å². The fraction of sp³-hybridized carbons (Fsp3) is 0.286. The highest BCUT2D eigenvalue weighted by Crippen LogP contribution is 2.33. The molecule has 3 rings (SSSR count). The van der Waals surface area contributed by atoms with Crippen molar-refractivity contribution < 1.29 is 23.5 Å². The van der Waals surface area contributed by atoms with Crippen molar-refractivity contribution in [1.29, 1.82) is 0 Å². The van der Waals surface area contributed by atoms with Crippen molar-refractivity contribution in [2.75, 3.05) is 0 Å². The van der Waals surface area contributed by atoms with Gasteiger partial charge in [0.05, 0.1) is 0 Å². The minimum Gasteiger partial charge on any atom is -0.393 e. The quantitative estimate of drug-likeness (QED) is 0.624. The fourth-order valence-corrected chi connectivity index (χ4v) is 3.52. The van der Waals surface area contributed by atoms with E-state index in [1.807, 2.05) is 12.1 Å². The molecule has 0 aliphatic carbocycles. The Labute approximate surface area is 166 Å². The predicted octanol–water partition coefficient (Wildman–Crippen LogP) is 3.67. The molecule has 1 heterocycles. The number of ether oxygens (including phenoxy) is 1. The largest absolute Gasteiger partial charge is 0.393 e. The van der Waals surface area contributed by atoms with Crippen LogP contribution in [0.4, 0.5) is 4.39 Å². The van der Waals surface area contributed by atoms with Crippen LogP contribution < -0.4 is 5.32 Å². The van der Waals surface area contributed by atoms with E-state index in [-0.39, 0.29) is 18.3 Å². The summed E-state index contributed by atoms with van der Waals surface area (Å²) in [7, 11) is 0. The molecule has 0 unspecified atom stereocenters. The molecule has 1 aliphatic heterocycles. The molecular formula is C21H19ClFNO4. The first kappa shape index (κ1) is 20.0. The zero-order valence-corrected chi connectivity index (χ0v) is 16.2. The van der Waals surface area contributed by atoms with Gasteiger partial charge in [-0.2, -0.15) is 0 Å². The lowest BCUT2D eigenvalue weighted by molar-refractivity contribution is -0.166. The number of halogens is 2. The molecule has 1 fully saturated rings. The molecule has 0 radical (unpaired) electrons. The molecule has 0 bridgehead atoms. The van der Waals surface area contributed by atoms with Gasteiger partial charge in [-0.15, -0.1) is 0 Å². The summed E-state index contributed by atoms with van der Waals surface area (Å²) in [6.45, 7) is 2.59. The third-order valence-corrected chi connectivity index (χ3v) is 5.09. The van der Waals surface area contributed by atoms with Crippen molar-refractivity contribution in [2.45, 2.75) is 32.7 Å². The summed E-state index contributed by atoms with van der Waals surface area (Å²) < 4.78 is 18.6. The molecule has 1 N–H and O–H groups in total. The van der Waals surface area contributed by atoms with Crippen molar-refractivity contribution in [3.8, 4) is 11.1 Å². The molecule has 1 aliphatic rings. The van der Waals surface area contributed by atoms with Gasteiger partial charge in [-0.05, 0) is 49.1 Å². The van der Waals surface area contributed by atoms with E-state index in [2.05, 4.69) is 10.1 Å². The summed E-state index contributed by atoms with van der Waals surface area (Å²) in [6.07, 6.45) is 0.718. The molecule has 0 saturated carbocycles. The Balaban J connectivity index is 1.71. The number of hydrogen-bond donors (Lipinski definition) is 1. The van der Waals surface area contributed by atoms with Gasteiger partial charge in [0.2, 0.25) is 5.91 Å². The third-order valence-electron chi connectivity index (χ3n) is 4.85. The van der Waals surface area contributed by atoms with E-state index in [1.54, 1.807) is 18.2 Å². The van der Waals surface area contributed by atoms with Crippen LogP contribution in [0.15, 0.2) is 42.5 Å². The SMILES string of the molecule is CC(=O)OC(=O)[C@]1(C)C[C@@H](Cc2ccc(-c3cc(Cl)ccc3F)cc2)NC1=O. The summed E-state index contributed by atoms with van der Waals surface area (Å²) >= 11 is 5.94. The van der Waals surface area contributed by atoms with Crippen LogP contribution in [0, 0.1) is 11.2 Å². The minimum absolute atomic E-state index is 0.225. The van der Waals surface area contributed by atoms with Crippen molar-refractivity contribution >= 4 is 29.4 Å². The van der Waals surface area contributed by atoms with E-state index >= 15 is 0 Å². The van der Waals surface area contributed by atoms with E-state index in [4.69, 9.17) is 11.6 Å². The molecule has 28 heavy (non-hydrogen) atoms. The second-order valence-corrected chi connectivity index (χ2v) is 7.55. The second kappa shape index (κ2) is 7.72. The molecular weight excluding hydrogens is 385 g/mol. The minimum atomic E-state index is -1.39. The Kier molecular flexibility index (Phi) is 5.52. The predicted molar refractivity (Wildman–Crippen MR) is 102 cm³/mol. The monoisotopic (exact) mass is 403 g/mol. The number of hydrogen-bond acceptors (Lipinski definition) is 4. The molecule has 5 nitrogen and oxygen atoms in total. The molecule has 1 saturated heterocycles. The highest BCUT2D eigenvalue weighted by Gasteiger charge is 2.50. The summed E-state index contributed by atoms with van der Waals surface area (Å²) in [4.78, 5) is 35.4. The van der Waals surface area contributed by atoms with Gasteiger partial charge in [-0.3, -0.25) is 14.4 Å². The van der Waals surface area contributed by atoms with Crippen LogP contribution in [0.25, 0.3) is 11.1 Å². The zero-order valence-electron chi connectivity index (χ0n) is 15.4. The summed E-state index contributed by atoms with van der Waals surface area (Å²) in [5.74, 6) is -2.40. The first-order chi connectivity index (χ1) is 13.2. The van der Waals surface area contributed by atoms with Crippen LogP contribution in [-0.4, -0.2) is 23.9 Å². The van der Waals surface area contributed by atoms with E-state index < -0.39 is 23.3 Å². The Hall–Kier alpha value is -2.73. The van der Waals surface area contributed by atoms with E-state index in [9.17, 15) is 18.8 Å². The normalized spacial score (nSPS) is 21.3. The van der Waals surface area contributed by atoms with Gasteiger partial charge < -0.3 is 10.1 Å². The number of nitrogens with one attached hydrogen (secondary N) is 1. The Morgan fingerprint density at radius 2 is 1.93 bits per heavy atom. The Bertz CT molecular complexity index is 944. The van der Waals surface area contributed by atoms with Crippen LogP contribution in [0.5, 0.6) is 0 Å². The topological polar surface area (TPSA) is 72.5 Å². The van der Waals surface area contributed by atoms with Gasteiger partial charge in [0.15, 0.2) is 0 Å². The molecule has 146 valence electrons. The van der Waals surface area contributed by atoms with E-state index in [0.29, 0.717) is 22.6 Å². The lowest BCUT2D eigenvalue weighted by Gasteiger charge is -2.17. The number of rotatable bonds is 4. The van der Waals surface area contributed by atoms with E-state index in [0.717, 1.165) is 12.5 Å². The Morgan fingerprint density at radius 1 is 1.25 bits per heavy atom. The molecule has 2 aromatic rings. The Morgan fingerprint density at radius 3 is 2.57 bits per heavy atom. The lowest BCUT2D eigenvalue weighted by atomic mass is 9.86. The summed E-state index contributed by atoms with van der Waals surface area (Å²) in [5.41, 5.74) is 0.628. The van der Waals surface area contributed by atoms with Crippen molar-refractivity contribution in [1.82, 2.24) is 5.32 Å². The summed E-state index contributed by atoms with van der Waals surface area (Å²) in [5, 5.41) is 3.23. The number of carbonyl (C=O) groups is 3. The van der Waals surface area contributed by atoms with Crippen molar-refractivity contribution in [3.63, 3.8) is 0 Å². The number of amides is 1. The average Bonchev–Trinajstić information content (AvgIpc) is 2.92. The molecule has 2 aromatic carbocycles. The van der Waals surface area contributed by atoms with Crippen LogP contribution >= 0.6 is 11.6 Å². The standard InChI is InChI=1S/C21H19ClFNO4/c1-12(25)28-20(27)21(2)11-16(24-19(21)26)9-13-3-5-14(6-4-13)17-10-15(22)7-8-18(17)23/h3-8,10,16H,9,11H2,1-2H3,(H,24,26)/t16-,21-/m1/s1. The summed E-state index contributed by atoms with van der Waals surface area (Å²) in [6, 6.07) is 11.3. The smallest absolute Gasteiger partial charge is 0.329 e. The molecule has 1 amide bonds. The molecule has 2 atom stereocenters. The zero-order chi connectivity index (χ0) is 20.5. The van der Waals surface area contributed by atoms with E-state index in [1.165, 1.54) is 19.1 Å². The average molecular weight is 404 g/mol. The lowest BCUT2D eigenvalue weighted by Crippen LogP contribution is -2.38. The van der Waals surface area contributed by atoms with Gasteiger partial charge >= 0.3 is 11.9 Å². The van der Waals surface area contributed by atoms with Crippen molar-refractivity contribution in [3.05, 3.63) is 58.9 Å². The highest BCUT2D eigenvalue weighted by molar-refractivity contribution is 6.30. The number of benzene rings is 2. The second-order valence-electron chi connectivity index (χ2n) is 7.11. The first-order valence-electron chi connectivity index (χ1n) is 8.77. The first-order valence-corrected chi connectivity index (χ1v) is 9.15. The molecule has 0 aromatic heterocycles. The van der Waals surface area contributed by atoms with Crippen molar-refractivity contribution in [2.24, 2.45) is 5.41 Å². The number of carbonyl (C=O) groups excluding carboxylic acids is 3. The maximum Gasteiger partial charge on any atom is 0.329 e. The molecule has 0 spiro atoms. The van der Waals surface area contributed by atoms with Gasteiger partial charge in [0, 0.05) is 23.6 Å². The van der Waals surface area contributed by atoms with Crippen LogP contribution in [0.3, 0.4) is 0 Å². The number of esters is 2. The van der Waals surface area contributed by atoms with Gasteiger partial charge in [0.25, 0.3) is 0 Å². The highest BCUT2D eigenvalue weighted by atomic mass is 35.5. The fourth-order valence-electron chi connectivity index (χ4n) is 3.35.